The fraction of sp³-hybridized carbons (Fsp3) is 0.333. The van der Waals surface area contributed by atoms with Crippen molar-refractivity contribution in [3.05, 3.63) is 58.6 Å². The molecule has 0 spiro atoms. The molecule has 7 heteroatoms. The number of carbonyl (C=O) groups is 2. The number of ether oxygens (including phenoxy) is 2. The van der Waals surface area contributed by atoms with Crippen LogP contribution in [0.1, 0.15) is 35.9 Å². The van der Waals surface area contributed by atoms with Gasteiger partial charge in [-0.2, -0.15) is 0 Å². The van der Waals surface area contributed by atoms with Crippen LogP contribution < -0.4 is 10.1 Å². The lowest BCUT2D eigenvalue weighted by Gasteiger charge is -2.39. The highest BCUT2D eigenvalue weighted by molar-refractivity contribution is 6.31. The van der Waals surface area contributed by atoms with Crippen molar-refractivity contribution >= 4 is 29.1 Å². The smallest absolute Gasteiger partial charge is 0.265 e. The Hall–Kier alpha value is -2.57. The van der Waals surface area contributed by atoms with Crippen molar-refractivity contribution in [2.45, 2.75) is 32.1 Å². The Labute approximate surface area is 168 Å². The fourth-order valence-electron chi connectivity index (χ4n) is 3.51. The average molecular weight is 401 g/mol. The topological polar surface area (TPSA) is 67.9 Å². The Morgan fingerprint density at radius 3 is 2.75 bits per heavy atom. The van der Waals surface area contributed by atoms with E-state index >= 15 is 0 Å². The zero-order chi connectivity index (χ0) is 19.8. The number of halogens is 1. The molecule has 2 aromatic rings. The van der Waals surface area contributed by atoms with Crippen LogP contribution in [0, 0.1) is 0 Å². The van der Waals surface area contributed by atoms with E-state index in [0.717, 1.165) is 5.56 Å². The summed E-state index contributed by atoms with van der Waals surface area (Å²) in [6, 6.07) is 12.6. The molecular formula is C21H21ClN2O4. The number of morpholine rings is 1. The van der Waals surface area contributed by atoms with Gasteiger partial charge in [0.05, 0.1) is 30.4 Å². The summed E-state index contributed by atoms with van der Waals surface area (Å²) in [5, 5.41) is 3.40. The molecule has 2 heterocycles. The summed E-state index contributed by atoms with van der Waals surface area (Å²) in [6.45, 7) is 4.39. The molecule has 0 aliphatic carbocycles. The van der Waals surface area contributed by atoms with E-state index in [1.54, 1.807) is 30.0 Å². The first-order chi connectivity index (χ1) is 13.5. The van der Waals surface area contributed by atoms with Crippen molar-refractivity contribution in [3.8, 4) is 5.75 Å². The minimum Gasteiger partial charge on any atom is -0.478 e. The quantitative estimate of drug-likeness (QED) is 0.835. The highest BCUT2D eigenvalue weighted by Crippen LogP contribution is 2.36. The Morgan fingerprint density at radius 1 is 1.18 bits per heavy atom. The molecule has 28 heavy (non-hydrogen) atoms. The molecule has 1 fully saturated rings. The highest BCUT2D eigenvalue weighted by atomic mass is 35.5. The highest BCUT2D eigenvalue weighted by Gasteiger charge is 2.35. The predicted molar refractivity (Wildman–Crippen MR) is 106 cm³/mol. The van der Waals surface area contributed by atoms with Gasteiger partial charge in [0.2, 0.25) is 0 Å². The first kappa shape index (κ1) is 18.8. The number of anilines is 1. The largest absolute Gasteiger partial charge is 0.478 e. The summed E-state index contributed by atoms with van der Waals surface area (Å²) >= 11 is 6.32. The molecule has 6 nitrogen and oxygen atoms in total. The Balaban J connectivity index is 1.63. The van der Waals surface area contributed by atoms with Crippen molar-refractivity contribution in [1.82, 2.24) is 4.90 Å². The normalized spacial score (nSPS) is 24.2. The van der Waals surface area contributed by atoms with E-state index in [0.29, 0.717) is 35.2 Å². The van der Waals surface area contributed by atoms with E-state index in [1.807, 2.05) is 31.2 Å². The Kier molecular flexibility index (Phi) is 5.00. The van der Waals surface area contributed by atoms with Crippen LogP contribution in [-0.2, 0) is 9.53 Å². The maximum Gasteiger partial charge on any atom is 0.265 e. The minimum absolute atomic E-state index is 0.0994. The van der Waals surface area contributed by atoms with E-state index in [1.165, 1.54) is 0 Å². The first-order valence-corrected chi connectivity index (χ1v) is 9.61. The van der Waals surface area contributed by atoms with Crippen LogP contribution in [0.25, 0.3) is 0 Å². The zero-order valence-corrected chi connectivity index (χ0v) is 16.4. The summed E-state index contributed by atoms with van der Waals surface area (Å²) < 4.78 is 11.7. The van der Waals surface area contributed by atoms with Gasteiger partial charge in [0.15, 0.2) is 11.9 Å². The van der Waals surface area contributed by atoms with Gasteiger partial charge in [-0.05, 0) is 32.0 Å². The lowest BCUT2D eigenvalue weighted by Crippen LogP contribution is -2.48. The Morgan fingerprint density at radius 2 is 1.96 bits per heavy atom. The molecule has 2 aliphatic rings. The molecule has 0 aromatic heterocycles. The predicted octanol–water partition coefficient (Wildman–Crippen LogP) is 3.66. The standard InChI is InChI=1S/C21H21ClN2O4/c1-12-11-27-18(14-6-3-4-8-16(14)22)10-24(12)21(26)15-7-5-9-17-19(15)28-13(2)20(25)23-17/h3-9,12-13,18H,10-11H2,1-2H3,(H,23,25)/t12-,13-,18-/m0/s1. The number of amides is 2. The number of nitrogens with one attached hydrogen (secondary N) is 1. The molecule has 0 saturated carbocycles. The molecule has 146 valence electrons. The van der Waals surface area contributed by atoms with Gasteiger partial charge in [-0.1, -0.05) is 35.9 Å². The minimum atomic E-state index is -0.653. The van der Waals surface area contributed by atoms with Crippen molar-refractivity contribution in [3.63, 3.8) is 0 Å². The van der Waals surface area contributed by atoms with Crippen LogP contribution in [0.4, 0.5) is 5.69 Å². The van der Waals surface area contributed by atoms with E-state index in [9.17, 15) is 9.59 Å². The van der Waals surface area contributed by atoms with Crippen LogP contribution in [0.5, 0.6) is 5.75 Å². The van der Waals surface area contributed by atoms with Crippen molar-refractivity contribution in [1.29, 1.82) is 0 Å². The molecule has 2 aliphatic heterocycles. The molecule has 1 N–H and O–H groups in total. The number of nitrogens with zero attached hydrogens (tertiary/aromatic N) is 1. The van der Waals surface area contributed by atoms with Crippen LogP contribution in [-0.4, -0.2) is 42.0 Å². The number of hydrogen-bond acceptors (Lipinski definition) is 4. The molecule has 0 unspecified atom stereocenters. The Bertz CT molecular complexity index is 932. The summed E-state index contributed by atoms with van der Waals surface area (Å²) in [4.78, 5) is 27.0. The SMILES string of the molecule is C[C@@H]1Oc2c(cccc2C(=O)N2C[C@@H](c3ccccc3Cl)OC[C@@H]2C)NC1=O. The summed E-state index contributed by atoms with van der Waals surface area (Å²) in [6.07, 6.45) is -0.952. The van der Waals surface area contributed by atoms with E-state index < -0.39 is 6.10 Å². The van der Waals surface area contributed by atoms with E-state index in [2.05, 4.69) is 5.32 Å². The maximum absolute atomic E-state index is 13.4. The third-order valence-electron chi connectivity index (χ3n) is 5.11. The third-order valence-corrected chi connectivity index (χ3v) is 5.46. The van der Waals surface area contributed by atoms with Crippen molar-refractivity contribution < 1.29 is 19.1 Å². The first-order valence-electron chi connectivity index (χ1n) is 9.23. The van der Waals surface area contributed by atoms with Gasteiger partial charge in [0, 0.05) is 10.6 Å². The summed E-state index contributed by atoms with van der Waals surface area (Å²) in [5.41, 5.74) is 1.80. The van der Waals surface area contributed by atoms with Crippen LogP contribution >= 0.6 is 11.6 Å². The maximum atomic E-state index is 13.4. The molecule has 1 saturated heterocycles. The molecule has 4 rings (SSSR count). The average Bonchev–Trinajstić information content (AvgIpc) is 2.69. The van der Waals surface area contributed by atoms with Gasteiger partial charge < -0.3 is 19.7 Å². The van der Waals surface area contributed by atoms with Gasteiger partial charge in [-0.25, -0.2) is 0 Å². The van der Waals surface area contributed by atoms with Crippen molar-refractivity contribution in [2.24, 2.45) is 0 Å². The number of fused-ring (bicyclic) bond motifs is 1. The van der Waals surface area contributed by atoms with Gasteiger partial charge >= 0.3 is 0 Å². The molecule has 0 radical (unpaired) electrons. The zero-order valence-electron chi connectivity index (χ0n) is 15.6. The number of rotatable bonds is 2. The van der Waals surface area contributed by atoms with Crippen molar-refractivity contribution in [2.75, 3.05) is 18.5 Å². The number of benzene rings is 2. The summed E-state index contributed by atoms with van der Waals surface area (Å²) in [5.74, 6) is 0.0243. The van der Waals surface area contributed by atoms with Crippen LogP contribution in [0.15, 0.2) is 42.5 Å². The van der Waals surface area contributed by atoms with E-state index in [-0.39, 0.29) is 24.0 Å². The fourth-order valence-corrected chi connectivity index (χ4v) is 3.77. The second-order valence-corrected chi connectivity index (χ2v) is 7.49. The molecule has 2 aromatic carbocycles. The van der Waals surface area contributed by atoms with Gasteiger partial charge in [-0.3, -0.25) is 9.59 Å². The van der Waals surface area contributed by atoms with Crippen LogP contribution in [0.2, 0.25) is 5.02 Å². The second-order valence-electron chi connectivity index (χ2n) is 7.08. The van der Waals surface area contributed by atoms with E-state index in [4.69, 9.17) is 21.1 Å². The van der Waals surface area contributed by atoms with Crippen LogP contribution in [0.3, 0.4) is 0 Å². The summed E-state index contributed by atoms with van der Waals surface area (Å²) in [7, 11) is 0. The monoisotopic (exact) mass is 400 g/mol. The lowest BCUT2D eigenvalue weighted by molar-refractivity contribution is -0.122. The third kappa shape index (κ3) is 3.34. The number of para-hydroxylation sites is 1. The molecule has 3 atom stereocenters. The number of carbonyl (C=O) groups excluding carboxylic acids is 2. The molecular weight excluding hydrogens is 380 g/mol. The second kappa shape index (κ2) is 7.45. The molecule has 0 bridgehead atoms. The van der Waals surface area contributed by atoms with Gasteiger partial charge in [0.1, 0.15) is 6.10 Å². The van der Waals surface area contributed by atoms with Gasteiger partial charge in [-0.15, -0.1) is 0 Å². The lowest BCUT2D eigenvalue weighted by atomic mass is 10.0. The number of hydrogen-bond donors (Lipinski definition) is 1. The molecule has 2 amide bonds. The van der Waals surface area contributed by atoms with Gasteiger partial charge in [0.25, 0.3) is 11.8 Å².